The Morgan fingerprint density at radius 2 is 1.78 bits per heavy atom. The lowest BCUT2D eigenvalue weighted by atomic mass is 10.0. The van der Waals surface area contributed by atoms with Gasteiger partial charge in [0.15, 0.2) is 6.61 Å². The minimum Gasteiger partial charge on any atom is -0.495 e. The van der Waals surface area contributed by atoms with Crippen molar-refractivity contribution in [2.75, 3.05) is 19.0 Å². The fraction of sp³-hybridized carbons (Fsp3) is 0.154. The summed E-state index contributed by atoms with van der Waals surface area (Å²) >= 11 is 0. The maximum absolute atomic E-state index is 12.5. The molecule has 1 heterocycles. The number of hydrogen-bond acceptors (Lipinski definition) is 5. The standard InChI is InChI=1S/C26H23NO5/c1-3-17-8-11-20(12-9-17)31-16-25(28)27-22-15-18(10-13-24(22)30-2)21-14-19-6-4-5-7-23(19)32-26(21)29/h4-15H,3,16H2,1-2H3,(H,27,28). The van der Waals surface area contributed by atoms with Crippen molar-refractivity contribution >= 4 is 22.6 Å². The number of aryl methyl sites for hydroxylation is 1. The Bertz CT molecular complexity index is 1310. The lowest BCUT2D eigenvalue weighted by Gasteiger charge is -2.13. The predicted octanol–water partition coefficient (Wildman–Crippen LogP) is 5.05. The average molecular weight is 429 g/mol. The van der Waals surface area contributed by atoms with E-state index in [9.17, 15) is 9.59 Å². The highest BCUT2D eigenvalue weighted by atomic mass is 16.5. The molecule has 0 aliphatic carbocycles. The quantitative estimate of drug-likeness (QED) is 0.416. The number of ether oxygens (including phenoxy) is 2. The molecule has 0 aliphatic heterocycles. The number of benzene rings is 3. The van der Waals surface area contributed by atoms with Crippen LogP contribution in [-0.2, 0) is 11.2 Å². The minimum atomic E-state index is -0.454. The molecule has 0 radical (unpaired) electrons. The zero-order valence-corrected chi connectivity index (χ0v) is 17.9. The van der Waals surface area contributed by atoms with E-state index < -0.39 is 5.63 Å². The fourth-order valence-corrected chi connectivity index (χ4v) is 3.39. The van der Waals surface area contributed by atoms with Gasteiger partial charge in [-0.15, -0.1) is 0 Å². The Morgan fingerprint density at radius 1 is 1.00 bits per heavy atom. The number of carbonyl (C=O) groups is 1. The number of para-hydroxylation sites is 1. The Hall–Kier alpha value is -4.06. The lowest BCUT2D eigenvalue weighted by molar-refractivity contribution is -0.118. The van der Waals surface area contributed by atoms with Gasteiger partial charge in [-0.25, -0.2) is 4.79 Å². The maximum atomic E-state index is 12.5. The van der Waals surface area contributed by atoms with Crippen molar-refractivity contribution in [3.05, 3.63) is 88.8 Å². The van der Waals surface area contributed by atoms with Crippen molar-refractivity contribution in [1.82, 2.24) is 0 Å². The van der Waals surface area contributed by atoms with Crippen LogP contribution in [0.3, 0.4) is 0 Å². The maximum Gasteiger partial charge on any atom is 0.344 e. The van der Waals surface area contributed by atoms with Crippen molar-refractivity contribution < 1.29 is 18.7 Å². The molecule has 0 bridgehead atoms. The van der Waals surface area contributed by atoms with Gasteiger partial charge in [-0.3, -0.25) is 4.79 Å². The molecule has 0 saturated heterocycles. The molecule has 0 saturated carbocycles. The molecule has 3 aromatic carbocycles. The number of nitrogens with one attached hydrogen (secondary N) is 1. The third-order valence-electron chi connectivity index (χ3n) is 5.13. The summed E-state index contributed by atoms with van der Waals surface area (Å²) in [5.74, 6) is 0.747. The van der Waals surface area contributed by atoms with E-state index in [1.165, 1.54) is 12.7 Å². The Morgan fingerprint density at radius 3 is 2.53 bits per heavy atom. The largest absolute Gasteiger partial charge is 0.495 e. The van der Waals surface area contributed by atoms with Gasteiger partial charge in [-0.2, -0.15) is 0 Å². The van der Waals surface area contributed by atoms with Gasteiger partial charge in [-0.05, 0) is 53.9 Å². The van der Waals surface area contributed by atoms with Crippen molar-refractivity contribution in [1.29, 1.82) is 0 Å². The topological polar surface area (TPSA) is 77.8 Å². The van der Waals surface area contributed by atoms with Crippen molar-refractivity contribution in [3.63, 3.8) is 0 Å². The second-order valence-corrected chi connectivity index (χ2v) is 7.23. The van der Waals surface area contributed by atoms with E-state index in [-0.39, 0.29) is 12.5 Å². The second-order valence-electron chi connectivity index (χ2n) is 7.23. The second kappa shape index (κ2) is 9.39. The molecule has 1 N–H and O–H groups in total. The number of carbonyl (C=O) groups excluding carboxylic acids is 1. The predicted molar refractivity (Wildman–Crippen MR) is 124 cm³/mol. The van der Waals surface area contributed by atoms with Crippen LogP contribution in [0, 0.1) is 0 Å². The van der Waals surface area contributed by atoms with Crippen LogP contribution in [0.4, 0.5) is 5.69 Å². The van der Waals surface area contributed by atoms with Crippen LogP contribution in [0.2, 0.25) is 0 Å². The van der Waals surface area contributed by atoms with E-state index in [4.69, 9.17) is 13.9 Å². The molecule has 4 rings (SSSR count). The van der Waals surface area contributed by atoms with Gasteiger partial charge in [0.25, 0.3) is 5.91 Å². The van der Waals surface area contributed by atoms with E-state index in [0.717, 1.165) is 11.8 Å². The van der Waals surface area contributed by atoms with Gasteiger partial charge >= 0.3 is 5.63 Å². The molecule has 32 heavy (non-hydrogen) atoms. The summed E-state index contributed by atoms with van der Waals surface area (Å²) in [6, 6.07) is 21.8. The lowest BCUT2D eigenvalue weighted by Crippen LogP contribution is -2.20. The summed E-state index contributed by atoms with van der Waals surface area (Å²) in [5, 5.41) is 3.61. The van der Waals surface area contributed by atoms with Gasteiger partial charge < -0.3 is 19.2 Å². The van der Waals surface area contributed by atoms with Crippen molar-refractivity contribution in [3.8, 4) is 22.6 Å². The molecule has 0 atom stereocenters. The first-order valence-electron chi connectivity index (χ1n) is 10.3. The molecule has 6 nitrogen and oxygen atoms in total. The molecule has 1 aromatic heterocycles. The molecular weight excluding hydrogens is 406 g/mol. The molecular formula is C26H23NO5. The number of hydrogen-bond donors (Lipinski definition) is 1. The van der Waals surface area contributed by atoms with Gasteiger partial charge in [0.05, 0.1) is 18.4 Å². The summed E-state index contributed by atoms with van der Waals surface area (Å²) in [7, 11) is 1.51. The first-order chi connectivity index (χ1) is 15.6. The highest BCUT2D eigenvalue weighted by molar-refractivity contribution is 5.94. The normalized spacial score (nSPS) is 10.7. The van der Waals surface area contributed by atoms with Gasteiger partial charge in [-0.1, -0.05) is 43.3 Å². The molecule has 4 aromatic rings. The molecule has 6 heteroatoms. The SMILES string of the molecule is CCc1ccc(OCC(=O)Nc2cc(-c3cc4ccccc4oc3=O)ccc2OC)cc1. The average Bonchev–Trinajstić information content (AvgIpc) is 2.82. The first kappa shape index (κ1) is 21.2. The smallest absolute Gasteiger partial charge is 0.344 e. The molecule has 0 aliphatic rings. The van der Waals surface area contributed by atoms with Crippen molar-refractivity contribution in [2.45, 2.75) is 13.3 Å². The number of anilines is 1. The van der Waals surface area contributed by atoms with Crippen LogP contribution in [0.5, 0.6) is 11.5 Å². The summed E-state index contributed by atoms with van der Waals surface area (Å²) in [4.78, 5) is 25.0. The van der Waals surface area contributed by atoms with Crippen molar-refractivity contribution in [2.24, 2.45) is 0 Å². The van der Waals surface area contributed by atoms with E-state index in [1.54, 1.807) is 30.3 Å². The molecule has 162 valence electrons. The zero-order valence-electron chi connectivity index (χ0n) is 17.9. The third kappa shape index (κ3) is 4.64. The van der Waals surface area contributed by atoms with Crippen LogP contribution in [0.25, 0.3) is 22.1 Å². The molecule has 0 unspecified atom stereocenters. The minimum absolute atomic E-state index is 0.156. The Balaban J connectivity index is 1.55. The fourth-order valence-electron chi connectivity index (χ4n) is 3.39. The summed E-state index contributed by atoms with van der Waals surface area (Å²) in [6.07, 6.45) is 0.937. The zero-order chi connectivity index (χ0) is 22.5. The molecule has 0 spiro atoms. The number of methoxy groups -OCH3 is 1. The van der Waals surface area contributed by atoms with E-state index in [1.807, 2.05) is 42.5 Å². The Kier molecular flexibility index (Phi) is 6.22. The summed E-state index contributed by atoms with van der Waals surface area (Å²) < 4.78 is 16.4. The summed E-state index contributed by atoms with van der Waals surface area (Å²) in [5.41, 5.74) is 2.71. The number of rotatable bonds is 7. The third-order valence-corrected chi connectivity index (χ3v) is 5.13. The monoisotopic (exact) mass is 429 g/mol. The van der Waals surface area contributed by atoms with E-state index in [0.29, 0.717) is 33.9 Å². The van der Waals surface area contributed by atoms with Gasteiger partial charge in [0.2, 0.25) is 0 Å². The van der Waals surface area contributed by atoms with Gasteiger partial charge in [0, 0.05) is 5.39 Å². The highest BCUT2D eigenvalue weighted by Gasteiger charge is 2.13. The number of fused-ring (bicyclic) bond motifs is 1. The molecule has 1 amide bonds. The first-order valence-corrected chi connectivity index (χ1v) is 10.3. The highest BCUT2D eigenvalue weighted by Crippen LogP contribution is 2.30. The number of amides is 1. The van der Waals surface area contributed by atoms with Crippen LogP contribution >= 0.6 is 0 Å². The Labute approximate surface area is 185 Å². The van der Waals surface area contributed by atoms with Crippen LogP contribution in [0.15, 0.2) is 82.0 Å². The van der Waals surface area contributed by atoms with E-state index >= 15 is 0 Å². The van der Waals surface area contributed by atoms with Crippen LogP contribution < -0.4 is 20.4 Å². The van der Waals surface area contributed by atoms with Crippen LogP contribution in [-0.4, -0.2) is 19.6 Å². The molecule has 0 fully saturated rings. The van der Waals surface area contributed by atoms with Crippen LogP contribution in [0.1, 0.15) is 12.5 Å². The van der Waals surface area contributed by atoms with Gasteiger partial charge in [0.1, 0.15) is 17.1 Å². The summed E-state index contributed by atoms with van der Waals surface area (Å²) in [6.45, 7) is 1.92. The van der Waals surface area contributed by atoms with E-state index in [2.05, 4.69) is 12.2 Å².